The zero-order valence-electron chi connectivity index (χ0n) is 20.4. The number of hydrogen-bond acceptors (Lipinski definition) is 3. The second kappa shape index (κ2) is 10.3. The van der Waals surface area contributed by atoms with E-state index in [1.54, 1.807) is 0 Å². The van der Waals surface area contributed by atoms with Gasteiger partial charge in [0.05, 0.1) is 12.0 Å². The van der Waals surface area contributed by atoms with Crippen molar-refractivity contribution in [2.75, 3.05) is 13.1 Å². The summed E-state index contributed by atoms with van der Waals surface area (Å²) in [7, 11) is -2.84. The van der Waals surface area contributed by atoms with E-state index in [2.05, 4.69) is 98.5 Å². The van der Waals surface area contributed by atoms with Crippen LogP contribution in [0.15, 0.2) is 91.0 Å². The SMILES string of the molecule is CC(C)(C)[Si](OC1CN(Cc2ccccc2)CCC1C(=O)O)(c1ccccc1)c1ccccc1. The molecule has 2 unspecified atom stereocenters. The summed E-state index contributed by atoms with van der Waals surface area (Å²) >= 11 is 0. The highest BCUT2D eigenvalue weighted by Crippen LogP contribution is 2.39. The molecule has 1 N–H and O–H groups in total. The molecule has 0 amide bonds. The van der Waals surface area contributed by atoms with Crippen LogP contribution in [0.2, 0.25) is 5.04 Å². The molecule has 0 spiro atoms. The van der Waals surface area contributed by atoms with Crippen LogP contribution in [0.25, 0.3) is 0 Å². The second-order valence-corrected chi connectivity index (χ2v) is 14.5. The number of likely N-dealkylation sites (tertiary alicyclic amines) is 1. The number of carboxylic acid groups (broad SMARTS) is 1. The Morgan fingerprint density at radius 2 is 1.41 bits per heavy atom. The first kappa shape index (κ1) is 24.4. The molecule has 1 aliphatic heterocycles. The number of carboxylic acids is 1. The fraction of sp³-hybridized carbons (Fsp3) is 0.345. The standard InChI is InChI=1S/C29H35NO3Si/c1-29(2,3)34(24-15-9-5-10-16-24,25-17-11-6-12-18-25)33-27-22-30(20-19-26(27)28(31)32)21-23-13-7-4-8-14-23/h4-18,26-27H,19-22H2,1-3H3,(H,31,32). The topological polar surface area (TPSA) is 49.8 Å². The highest BCUT2D eigenvalue weighted by atomic mass is 28.4. The number of piperidine rings is 1. The minimum Gasteiger partial charge on any atom is -0.481 e. The molecule has 2 atom stereocenters. The van der Waals surface area contributed by atoms with E-state index in [-0.39, 0.29) is 11.1 Å². The van der Waals surface area contributed by atoms with Gasteiger partial charge in [0.1, 0.15) is 0 Å². The Bertz CT molecular complexity index is 1030. The molecule has 4 nitrogen and oxygen atoms in total. The van der Waals surface area contributed by atoms with Crippen LogP contribution in [-0.4, -0.2) is 43.5 Å². The summed E-state index contributed by atoms with van der Waals surface area (Å²) < 4.78 is 7.27. The van der Waals surface area contributed by atoms with Crippen LogP contribution in [0, 0.1) is 5.92 Å². The summed E-state index contributed by atoms with van der Waals surface area (Å²) in [6, 6.07) is 31.3. The molecule has 1 saturated heterocycles. The van der Waals surface area contributed by atoms with Crippen molar-refractivity contribution in [3.63, 3.8) is 0 Å². The molecule has 0 saturated carbocycles. The van der Waals surface area contributed by atoms with E-state index >= 15 is 0 Å². The lowest BCUT2D eigenvalue weighted by atomic mass is 9.94. The normalized spacial score (nSPS) is 19.6. The lowest BCUT2D eigenvalue weighted by molar-refractivity contribution is -0.148. The van der Waals surface area contributed by atoms with Crippen molar-refractivity contribution in [1.29, 1.82) is 0 Å². The average Bonchev–Trinajstić information content (AvgIpc) is 2.83. The van der Waals surface area contributed by atoms with Gasteiger partial charge < -0.3 is 9.53 Å². The maximum absolute atomic E-state index is 12.4. The van der Waals surface area contributed by atoms with E-state index in [0.29, 0.717) is 13.0 Å². The largest absolute Gasteiger partial charge is 0.481 e. The van der Waals surface area contributed by atoms with Crippen molar-refractivity contribution in [2.24, 2.45) is 5.92 Å². The Hall–Kier alpha value is -2.73. The zero-order valence-corrected chi connectivity index (χ0v) is 21.4. The van der Waals surface area contributed by atoms with Gasteiger partial charge in [-0.1, -0.05) is 112 Å². The van der Waals surface area contributed by atoms with Crippen LogP contribution in [0.4, 0.5) is 0 Å². The summed E-state index contributed by atoms with van der Waals surface area (Å²) in [5.41, 5.74) is 1.24. The van der Waals surface area contributed by atoms with E-state index in [4.69, 9.17) is 4.43 Å². The molecule has 0 radical (unpaired) electrons. The molecule has 4 rings (SSSR count). The van der Waals surface area contributed by atoms with E-state index in [0.717, 1.165) is 13.1 Å². The lowest BCUT2D eigenvalue weighted by Gasteiger charge is -2.48. The fourth-order valence-corrected chi connectivity index (χ4v) is 9.99. The van der Waals surface area contributed by atoms with Crippen molar-refractivity contribution in [2.45, 2.75) is 44.9 Å². The highest BCUT2D eigenvalue weighted by molar-refractivity contribution is 6.99. The van der Waals surface area contributed by atoms with E-state index in [1.165, 1.54) is 15.9 Å². The minimum absolute atomic E-state index is 0.194. The van der Waals surface area contributed by atoms with E-state index < -0.39 is 20.2 Å². The highest BCUT2D eigenvalue weighted by Gasteiger charge is 2.53. The molecule has 3 aromatic rings. The number of aliphatic carboxylic acids is 1. The summed E-state index contributed by atoms with van der Waals surface area (Å²) in [5, 5.41) is 12.3. The third kappa shape index (κ3) is 5.02. The van der Waals surface area contributed by atoms with Crippen LogP contribution in [-0.2, 0) is 15.8 Å². The Balaban J connectivity index is 1.75. The first-order chi connectivity index (χ1) is 16.3. The smallest absolute Gasteiger partial charge is 0.309 e. The number of rotatable bonds is 7. The van der Waals surface area contributed by atoms with Crippen LogP contribution in [0.3, 0.4) is 0 Å². The Morgan fingerprint density at radius 3 is 1.88 bits per heavy atom. The van der Waals surface area contributed by atoms with Crippen LogP contribution in [0.1, 0.15) is 32.8 Å². The Labute approximate surface area is 204 Å². The lowest BCUT2D eigenvalue weighted by Crippen LogP contribution is -2.69. The van der Waals surface area contributed by atoms with Crippen molar-refractivity contribution in [3.05, 3.63) is 96.6 Å². The van der Waals surface area contributed by atoms with Crippen LogP contribution < -0.4 is 10.4 Å². The van der Waals surface area contributed by atoms with E-state index in [9.17, 15) is 9.90 Å². The molecule has 0 bridgehead atoms. The number of benzene rings is 3. The van der Waals surface area contributed by atoms with Gasteiger partial charge >= 0.3 is 5.97 Å². The molecular weight excluding hydrogens is 438 g/mol. The third-order valence-electron chi connectivity index (χ3n) is 6.95. The van der Waals surface area contributed by atoms with Crippen molar-refractivity contribution >= 4 is 24.7 Å². The summed E-state index contributed by atoms with van der Waals surface area (Å²) in [5.74, 6) is -1.28. The van der Waals surface area contributed by atoms with Crippen molar-refractivity contribution in [3.8, 4) is 0 Å². The molecule has 34 heavy (non-hydrogen) atoms. The van der Waals surface area contributed by atoms with Gasteiger partial charge in [-0.15, -0.1) is 0 Å². The maximum Gasteiger partial charge on any atom is 0.309 e. The molecule has 1 heterocycles. The molecule has 3 aromatic carbocycles. The first-order valence-corrected chi connectivity index (χ1v) is 14.0. The molecule has 178 valence electrons. The number of carbonyl (C=O) groups is 1. The second-order valence-electron chi connectivity index (χ2n) is 10.3. The summed E-state index contributed by atoms with van der Waals surface area (Å²) in [4.78, 5) is 14.7. The number of nitrogens with zero attached hydrogens (tertiary/aromatic N) is 1. The fourth-order valence-electron chi connectivity index (χ4n) is 5.29. The van der Waals surface area contributed by atoms with Gasteiger partial charge in [-0.25, -0.2) is 0 Å². The van der Waals surface area contributed by atoms with Gasteiger partial charge in [0.2, 0.25) is 0 Å². The average molecular weight is 474 g/mol. The molecule has 0 aromatic heterocycles. The molecule has 0 aliphatic carbocycles. The van der Waals surface area contributed by atoms with Crippen LogP contribution in [0.5, 0.6) is 0 Å². The minimum atomic E-state index is -2.84. The predicted molar refractivity (Wildman–Crippen MR) is 140 cm³/mol. The summed E-state index contributed by atoms with van der Waals surface area (Å²) in [6.45, 7) is 8.87. The first-order valence-electron chi connectivity index (χ1n) is 12.1. The van der Waals surface area contributed by atoms with Gasteiger partial charge in [0.15, 0.2) is 0 Å². The molecular formula is C29H35NO3Si. The quantitative estimate of drug-likeness (QED) is 0.512. The van der Waals surface area contributed by atoms with Gasteiger partial charge in [0, 0.05) is 13.1 Å². The van der Waals surface area contributed by atoms with Gasteiger partial charge in [-0.05, 0) is 33.9 Å². The van der Waals surface area contributed by atoms with Crippen LogP contribution >= 0.6 is 0 Å². The Morgan fingerprint density at radius 1 is 0.912 bits per heavy atom. The van der Waals surface area contributed by atoms with Gasteiger partial charge in [-0.3, -0.25) is 9.69 Å². The molecule has 1 fully saturated rings. The molecule has 5 heteroatoms. The number of hydrogen-bond donors (Lipinski definition) is 1. The van der Waals surface area contributed by atoms with E-state index in [1.807, 2.05) is 18.2 Å². The monoisotopic (exact) mass is 473 g/mol. The Kier molecular flexibility index (Phi) is 7.36. The third-order valence-corrected chi connectivity index (χ3v) is 12.0. The predicted octanol–water partition coefficient (Wildman–Crippen LogP) is 4.54. The van der Waals surface area contributed by atoms with Crippen molar-refractivity contribution < 1.29 is 14.3 Å². The summed E-state index contributed by atoms with van der Waals surface area (Å²) in [6.07, 6.45) is 0.201. The van der Waals surface area contributed by atoms with Gasteiger partial charge in [-0.2, -0.15) is 0 Å². The zero-order chi connectivity index (χ0) is 24.2. The molecule has 1 aliphatic rings. The maximum atomic E-state index is 12.4. The van der Waals surface area contributed by atoms with Crippen molar-refractivity contribution in [1.82, 2.24) is 4.90 Å². The van der Waals surface area contributed by atoms with Gasteiger partial charge in [0.25, 0.3) is 8.32 Å².